The Bertz CT molecular complexity index is 444. The van der Waals surface area contributed by atoms with Crippen LogP contribution in [0.5, 0.6) is 0 Å². The van der Waals surface area contributed by atoms with Crippen molar-refractivity contribution < 1.29 is 13.2 Å². The maximum absolute atomic E-state index is 12.2. The zero-order chi connectivity index (χ0) is 14.8. The summed E-state index contributed by atoms with van der Waals surface area (Å²) in [5, 5.41) is 3.05. The molecule has 1 N–H and O–H groups in total. The van der Waals surface area contributed by atoms with Gasteiger partial charge in [0.15, 0.2) is 0 Å². The number of likely N-dealkylation sites (tertiary alicyclic amines) is 1. The number of hydrogen-bond donors (Lipinski definition) is 1. The third-order valence-electron chi connectivity index (χ3n) is 4.19. The van der Waals surface area contributed by atoms with E-state index in [1.807, 2.05) is 4.90 Å². The van der Waals surface area contributed by atoms with Gasteiger partial charge in [0, 0.05) is 32.2 Å². The number of amides is 2. The minimum absolute atomic E-state index is 0.00866. The number of carbonyl (C=O) groups excluding carboxylic acids is 1. The quantitative estimate of drug-likeness (QED) is 0.822. The molecule has 1 unspecified atom stereocenters. The Morgan fingerprint density at radius 2 is 1.80 bits per heavy atom. The van der Waals surface area contributed by atoms with Crippen molar-refractivity contribution in [3.63, 3.8) is 0 Å². The van der Waals surface area contributed by atoms with Crippen LogP contribution in [-0.4, -0.2) is 62.1 Å². The highest BCUT2D eigenvalue weighted by Crippen LogP contribution is 2.17. The Labute approximate surface area is 121 Å². The largest absolute Gasteiger partial charge is 0.335 e. The van der Waals surface area contributed by atoms with Gasteiger partial charge in [0.05, 0.1) is 6.26 Å². The molecule has 0 bridgehead atoms. The van der Waals surface area contributed by atoms with E-state index in [0.717, 1.165) is 19.5 Å². The van der Waals surface area contributed by atoms with Crippen molar-refractivity contribution in [2.75, 3.05) is 32.4 Å². The molecule has 2 amide bonds. The zero-order valence-electron chi connectivity index (χ0n) is 12.3. The lowest BCUT2D eigenvalue weighted by Gasteiger charge is -2.35. The molecule has 20 heavy (non-hydrogen) atoms. The predicted molar refractivity (Wildman–Crippen MR) is 77.9 cm³/mol. The molecule has 0 spiro atoms. The molecule has 7 heteroatoms. The molecule has 2 fully saturated rings. The first-order valence-corrected chi connectivity index (χ1v) is 9.21. The maximum atomic E-state index is 12.2. The van der Waals surface area contributed by atoms with Crippen LogP contribution in [0.25, 0.3) is 0 Å². The van der Waals surface area contributed by atoms with E-state index in [1.54, 1.807) is 0 Å². The molecule has 0 radical (unpaired) electrons. The van der Waals surface area contributed by atoms with Crippen molar-refractivity contribution in [1.82, 2.24) is 14.5 Å². The number of urea groups is 1. The van der Waals surface area contributed by atoms with Gasteiger partial charge in [-0.2, -0.15) is 0 Å². The first kappa shape index (κ1) is 15.6. The van der Waals surface area contributed by atoms with E-state index in [1.165, 1.54) is 17.0 Å². The smallest absolute Gasteiger partial charge is 0.317 e. The number of carbonyl (C=O) groups is 1. The highest BCUT2D eigenvalue weighted by molar-refractivity contribution is 7.88. The van der Waals surface area contributed by atoms with Gasteiger partial charge >= 0.3 is 6.03 Å². The SMILES string of the molecule is CC1CCCN(C(=O)NC2CCN(S(C)(=O)=O)CC2)C1. The van der Waals surface area contributed by atoms with E-state index in [-0.39, 0.29) is 12.1 Å². The van der Waals surface area contributed by atoms with Crippen molar-refractivity contribution >= 4 is 16.1 Å². The molecule has 0 aromatic rings. The van der Waals surface area contributed by atoms with E-state index in [9.17, 15) is 13.2 Å². The van der Waals surface area contributed by atoms with Crippen LogP contribution >= 0.6 is 0 Å². The topological polar surface area (TPSA) is 69.7 Å². The fourth-order valence-electron chi connectivity index (χ4n) is 2.97. The Morgan fingerprint density at radius 1 is 1.15 bits per heavy atom. The van der Waals surface area contributed by atoms with Crippen LogP contribution in [0.2, 0.25) is 0 Å². The Kier molecular flexibility index (Phi) is 4.90. The molecule has 2 aliphatic rings. The lowest BCUT2D eigenvalue weighted by Crippen LogP contribution is -2.51. The highest BCUT2D eigenvalue weighted by Gasteiger charge is 2.28. The summed E-state index contributed by atoms with van der Waals surface area (Å²) in [6.45, 7) is 4.83. The summed E-state index contributed by atoms with van der Waals surface area (Å²) in [5.41, 5.74) is 0. The van der Waals surface area contributed by atoms with Crippen molar-refractivity contribution in [1.29, 1.82) is 0 Å². The predicted octanol–water partition coefficient (Wildman–Crippen LogP) is 0.852. The number of sulfonamides is 1. The van der Waals surface area contributed by atoms with E-state index in [0.29, 0.717) is 31.8 Å². The first-order chi connectivity index (χ1) is 9.36. The standard InChI is InChI=1S/C13H25N3O3S/c1-11-4-3-7-15(10-11)13(17)14-12-5-8-16(9-6-12)20(2,18)19/h11-12H,3-10H2,1-2H3,(H,14,17). The second-order valence-electron chi connectivity index (χ2n) is 6.08. The maximum Gasteiger partial charge on any atom is 0.317 e. The minimum atomic E-state index is -3.10. The van der Waals surface area contributed by atoms with Gasteiger partial charge in [-0.3, -0.25) is 0 Å². The molecule has 0 aliphatic carbocycles. The minimum Gasteiger partial charge on any atom is -0.335 e. The Balaban J connectivity index is 1.79. The van der Waals surface area contributed by atoms with Crippen molar-refractivity contribution in [3.05, 3.63) is 0 Å². The number of rotatable bonds is 2. The van der Waals surface area contributed by atoms with Crippen LogP contribution in [0.4, 0.5) is 4.79 Å². The molecule has 116 valence electrons. The number of hydrogen-bond acceptors (Lipinski definition) is 3. The molecule has 2 heterocycles. The van der Waals surface area contributed by atoms with Gasteiger partial charge in [0.1, 0.15) is 0 Å². The van der Waals surface area contributed by atoms with Gasteiger partial charge in [-0.25, -0.2) is 17.5 Å². The number of piperidine rings is 2. The summed E-state index contributed by atoms with van der Waals surface area (Å²) in [4.78, 5) is 14.1. The Morgan fingerprint density at radius 3 is 2.35 bits per heavy atom. The Hall–Kier alpha value is -0.820. The van der Waals surface area contributed by atoms with Gasteiger partial charge in [-0.1, -0.05) is 6.92 Å². The monoisotopic (exact) mass is 303 g/mol. The van der Waals surface area contributed by atoms with E-state index < -0.39 is 10.0 Å². The summed E-state index contributed by atoms with van der Waals surface area (Å²) in [5.74, 6) is 0.571. The van der Waals surface area contributed by atoms with Crippen molar-refractivity contribution in [3.8, 4) is 0 Å². The summed E-state index contributed by atoms with van der Waals surface area (Å²) < 4.78 is 24.3. The second kappa shape index (κ2) is 6.30. The molecule has 0 aromatic heterocycles. The molecule has 0 saturated carbocycles. The number of nitrogens with one attached hydrogen (secondary N) is 1. The van der Waals surface area contributed by atoms with Gasteiger partial charge in [0.25, 0.3) is 0 Å². The third kappa shape index (κ3) is 4.09. The molecular formula is C13H25N3O3S. The summed E-state index contributed by atoms with van der Waals surface area (Å²) >= 11 is 0. The molecule has 6 nitrogen and oxygen atoms in total. The average molecular weight is 303 g/mol. The fourth-order valence-corrected chi connectivity index (χ4v) is 3.85. The highest BCUT2D eigenvalue weighted by atomic mass is 32.2. The van der Waals surface area contributed by atoms with Gasteiger partial charge in [0.2, 0.25) is 10.0 Å². The lowest BCUT2D eigenvalue weighted by atomic mass is 10.0. The summed E-state index contributed by atoms with van der Waals surface area (Å²) in [6.07, 6.45) is 4.89. The van der Waals surface area contributed by atoms with Crippen molar-refractivity contribution in [2.24, 2.45) is 5.92 Å². The van der Waals surface area contributed by atoms with E-state index >= 15 is 0 Å². The molecule has 2 saturated heterocycles. The van der Waals surface area contributed by atoms with Crippen LogP contribution in [0.3, 0.4) is 0 Å². The van der Waals surface area contributed by atoms with Gasteiger partial charge < -0.3 is 10.2 Å². The first-order valence-electron chi connectivity index (χ1n) is 7.37. The lowest BCUT2D eigenvalue weighted by molar-refractivity contribution is 0.162. The third-order valence-corrected chi connectivity index (χ3v) is 5.50. The normalized spacial score (nSPS) is 26.5. The van der Waals surface area contributed by atoms with Crippen LogP contribution < -0.4 is 5.32 Å². The van der Waals surface area contributed by atoms with Crippen LogP contribution in [-0.2, 0) is 10.0 Å². The second-order valence-corrected chi connectivity index (χ2v) is 8.06. The number of nitrogens with zero attached hydrogens (tertiary/aromatic N) is 2. The fraction of sp³-hybridized carbons (Fsp3) is 0.923. The van der Waals surface area contributed by atoms with Crippen molar-refractivity contribution in [2.45, 2.75) is 38.6 Å². The molecule has 2 rings (SSSR count). The summed E-state index contributed by atoms with van der Waals surface area (Å²) in [6, 6.07) is 0.104. The summed E-state index contributed by atoms with van der Waals surface area (Å²) in [7, 11) is -3.10. The van der Waals surface area contributed by atoms with Crippen LogP contribution in [0, 0.1) is 5.92 Å². The average Bonchev–Trinajstić information content (AvgIpc) is 2.38. The van der Waals surface area contributed by atoms with Crippen LogP contribution in [0.15, 0.2) is 0 Å². The molecule has 2 aliphatic heterocycles. The molecular weight excluding hydrogens is 278 g/mol. The molecule has 0 aromatic carbocycles. The van der Waals surface area contributed by atoms with Crippen LogP contribution in [0.1, 0.15) is 32.6 Å². The van der Waals surface area contributed by atoms with E-state index in [2.05, 4.69) is 12.2 Å². The molecule has 1 atom stereocenters. The van der Waals surface area contributed by atoms with Gasteiger partial charge in [-0.05, 0) is 31.6 Å². The zero-order valence-corrected chi connectivity index (χ0v) is 13.2. The van der Waals surface area contributed by atoms with E-state index in [4.69, 9.17) is 0 Å². The van der Waals surface area contributed by atoms with Gasteiger partial charge in [-0.15, -0.1) is 0 Å².